The van der Waals surface area contributed by atoms with Gasteiger partial charge in [0.05, 0.1) is 23.0 Å². The van der Waals surface area contributed by atoms with Crippen LogP contribution >= 0.6 is 0 Å². The predicted molar refractivity (Wildman–Crippen MR) is 139 cm³/mol. The minimum Gasteiger partial charge on any atom is -0.349 e. The summed E-state index contributed by atoms with van der Waals surface area (Å²) in [5, 5.41) is 3.40. The highest BCUT2D eigenvalue weighted by Gasteiger charge is 2.43. The summed E-state index contributed by atoms with van der Waals surface area (Å²) < 4.78 is 0. The molecule has 7 nitrogen and oxygen atoms in total. The number of nitrogens with zero attached hydrogens (tertiary/aromatic N) is 4. The van der Waals surface area contributed by atoms with Crippen molar-refractivity contribution in [1.29, 1.82) is 0 Å². The molecule has 2 saturated heterocycles. The van der Waals surface area contributed by atoms with E-state index < -0.39 is 0 Å². The van der Waals surface area contributed by atoms with Gasteiger partial charge in [0.25, 0.3) is 5.91 Å². The summed E-state index contributed by atoms with van der Waals surface area (Å²) in [4.78, 5) is 39.3. The molecule has 1 saturated carbocycles. The molecule has 0 bridgehead atoms. The van der Waals surface area contributed by atoms with Gasteiger partial charge in [0, 0.05) is 38.1 Å². The smallest absolute Gasteiger partial charge is 0.257 e. The molecule has 36 heavy (non-hydrogen) atoms. The van der Waals surface area contributed by atoms with E-state index in [1.165, 1.54) is 11.9 Å². The third-order valence-electron chi connectivity index (χ3n) is 8.69. The van der Waals surface area contributed by atoms with Crippen molar-refractivity contribution in [3.63, 3.8) is 0 Å². The molecule has 5 rings (SSSR count). The molecule has 0 radical (unpaired) electrons. The minimum absolute atomic E-state index is 0.0249. The molecule has 3 fully saturated rings. The molecule has 192 valence electrons. The molecule has 1 N–H and O–H groups in total. The molecule has 1 aromatic heterocycles. The van der Waals surface area contributed by atoms with Crippen LogP contribution in [0.3, 0.4) is 0 Å². The van der Waals surface area contributed by atoms with Gasteiger partial charge < -0.3 is 10.2 Å². The molecule has 1 aliphatic carbocycles. The first-order valence-corrected chi connectivity index (χ1v) is 13.6. The summed E-state index contributed by atoms with van der Waals surface area (Å²) in [6.07, 6.45) is 6.78. The van der Waals surface area contributed by atoms with Gasteiger partial charge in [-0.3, -0.25) is 14.5 Å². The molecular weight excluding hydrogens is 450 g/mol. The first kappa shape index (κ1) is 24.9. The maximum absolute atomic E-state index is 13.2. The Hall–Kier alpha value is -2.80. The van der Waals surface area contributed by atoms with E-state index in [2.05, 4.69) is 51.4 Å². The Balaban J connectivity index is 1.20. The molecule has 3 heterocycles. The number of aryl methyl sites for hydroxylation is 2. The van der Waals surface area contributed by atoms with E-state index in [9.17, 15) is 9.59 Å². The van der Waals surface area contributed by atoms with Gasteiger partial charge in [-0.05, 0) is 57.4 Å². The van der Waals surface area contributed by atoms with Crippen LogP contribution < -0.4 is 5.32 Å². The van der Waals surface area contributed by atoms with Gasteiger partial charge in [0.2, 0.25) is 5.91 Å². The summed E-state index contributed by atoms with van der Waals surface area (Å²) in [5.74, 6) is 1.44. The van der Waals surface area contributed by atoms with Crippen LogP contribution in [0.2, 0.25) is 0 Å². The number of rotatable bonds is 7. The first-order chi connectivity index (χ1) is 17.4. The number of nitrogens with one attached hydrogen (secondary N) is 1. The molecule has 2 aromatic rings. The Morgan fingerprint density at radius 3 is 2.19 bits per heavy atom. The summed E-state index contributed by atoms with van der Waals surface area (Å²) >= 11 is 0. The average molecular weight is 490 g/mol. The van der Waals surface area contributed by atoms with E-state index in [0.717, 1.165) is 69.7 Å². The molecule has 3 aliphatic rings. The Morgan fingerprint density at radius 2 is 1.58 bits per heavy atom. The largest absolute Gasteiger partial charge is 0.349 e. The number of benzene rings is 1. The van der Waals surface area contributed by atoms with Gasteiger partial charge in [-0.15, -0.1) is 0 Å². The number of fused-ring (bicyclic) bond motifs is 1. The van der Waals surface area contributed by atoms with Crippen molar-refractivity contribution in [1.82, 2.24) is 25.1 Å². The fourth-order valence-corrected chi connectivity index (χ4v) is 6.55. The summed E-state index contributed by atoms with van der Waals surface area (Å²) in [5.41, 5.74) is 3.35. The standard InChI is InChI=1S/C29H39N5O2/c1-19(13-26(22-9-5-4-6-10-22)32-28(35)23-11-7-8-12-23)33-14-24-16-34(17-25(24)15-33)29(36)27-20(2)30-18-31-21(27)3/h4-6,9-10,18-19,23-26H,7-8,11-17H2,1-3H3,(H,32,35)/t19?,24?,25?,26-/m0/s1. The second kappa shape index (κ2) is 10.7. The highest BCUT2D eigenvalue weighted by Crippen LogP contribution is 2.35. The van der Waals surface area contributed by atoms with Gasteiger partial charge >= 0.3 is 0 Å². The first-order valence-electron chi connectivity index (χ1n) is 13.6. The maximum atomic E-state index is 13.2. The van der Waals surface area contributed by atoms with Crippen LogP contribution in [0.1, 0.15) is 72.4 Å². The van der Waals surface area contributed by atoms with Crippen LogP contribution in [0.15, 0.2) is 36.7 Å². The zero-order chi connectivity index (χ0) is 25.2. The Morgan fingerprint density at radius 1 is 0.972 bits per heavy atom. The maximum Gasteiger partial charge on any atom is 0.257 e. The second-order valence-corrected chi connectivity index (χ2v) is 11.1. The lowest BCUT2D eigenvalue weighted by Crippen LogP contribution is -2.40. The Bertz CT molecular complexity index is 1050. The van der Waals surface area contributed by atoms with Crippen molar-refractivity contribution in [2.75, 3.05) is 26.2 Å². The lowest BCUT2D eigenvalue weighted by molar-refractivity contribution is -0.125. The van der Waals surface area contributed by atoms with Crippen LogP contribution in [0.4, 0.5) is 0 Å². The van der Waals surface area contributed by atoms with Gasteiger partial charge in [0.15, 0.2) is 0 Å². The van der Waals surface area contributed by atoms with Crippen LogP contribution in [0.5, 0.6) is 0 Å². The van der Waals surface area contributed by atoms with Crippen molar-refractivity contribution in [3.8, 4) is 0 Å². The van der Waals surface area contributed by atoms with E-state index in [1.807, 2.05) is 24.8 Å². The molecule has 7 heteroatoms. The molecule has 2 aliphatic heterocycles. The number of carbonyl (C=O) groups excluding carboxylic acids is 2. The highest BCUT2D eigenvalue weighted by atomic mass is 16.2. The Labute approximate surface area is 214 Å². The van der Waals surface area contributed by atoms with Gasteiger partial charge in [-0.1, -0.05) is 43.2 Å². The molecule has 1 aromatic carbocycles. The summed E-state index contributed by atoms with van der Waals surface area (Å²) in [7, 11) is 0. The lowest BCUT2D eigenvalue weighted by atomic mass is 9.97. The SMILES string of the molecule is Cc1ncnc(C)c1C(=O)N1CC2CN(C(C)C[C@H](NC(=O)C3CCCC3)c3ccccc3)CC2C1. The third kappa shape index (κ3) is 5.17. The van der Waals surface area contributed by atoms with Gasteiger partial charge in [-0.25, -0.2) is 9.97 Å². The molecule has 3 unspecified atom stereocenters. The predicted octanol–water partition coefficient (Wildman–Crippen LogP) is 3.92. The quantitative estimate of drug-likeness (QED) is 0.638. The minimum atomic E-state index is 0.0249. The fourth-order valence-electron chi connectivity index (χ4n) is 6.55. The van der Waals surface area contributed by atoms with Crippen LogP contribution in [-0.4, -0.2) is 63.8 Å². The lowest BCUT2D eigenvalue weighted by Gasteiger charge is -2.31. The monoisotopic (exact) mass is 489 g/mol. The number of likely N-dealkylation sites (tertiary alicyclic amines) is 2. The van der Waals surface area contributed by atoms with Gasteiger partial charge in [-0.2, -0.15) is 0 Å². The van der Waals surface area contributed by atoms with E-state index in [0.29, 0.717) is 23.4 Å². The molecule has 2 amide bonds. The topological polar surface area (TPSA) is 78.4 Å². The van der Waals surface area contributed by atoms with Crippen molar-refractivity contribution in [3.05, 3.63) is 59.2 Å². The number of carbonyl (C=O) groups is 2. The van der Waals surface area contributed by atoms with E-state index in [4.69, 9.17) is 0 Å². The van der Waals surface area contributed by atoms with E-state index in [1.54, 1.807) is 0 Å². The number of hydrogen-bond acceptors (Lipinski definition) is 5. The Kier molecular flexibility index (Phi) is 7.37. The molecular formula is C29H39N5O2. The third-order valence-corrected chi connectivity index (χ3v) is 8.69. The average Bonchev–Trinajstić information content (AvgIpc) is 3.61. The van der Waals surface area contributed by atoms with E-state index in [-0.39, 0.29) is 23.8 Å². The molecule has 0 spiro atoms. The molecule has 4 atom stereocenters. The van der Waals surface area contributed by atoms with Crippen molar-refractivity contribution < 1.29 is 9.59 Å². The van der Waals surface area contributed by atoms with Gasteiger partial charge in [0.1, 0.15) is 6.33 Å². The fraction of sp³-hybridized carbons (Fsp3) is 0.586. The zero-order valence-electron chi connectivity index (χ0n) is 21.8. The number of amides is 2. The zero-order valence-corrected chi connectivity index (χ0v) is 21.8. The van der Waals surface area contributed by atoms with Crippen molar-refractivity contribution in [2.24, 2.45) is 17.8 Å². The van der Waals surface area contributed by atoms with Crippen LogP contribution in [-0.2, 0) is 4.79 Å². The number of aromatic nitrogens is 2. The highest BCUT2D eigenvalue weighted by molar-refractivity contribution is 5.96. The normalized spacial score (nSPS) is 24.0. The summed E-state index contributed by atoms with van der Waals surface area (Å²) in [6.45, 7) is 9.64. The number of hydrogen-bond donors (Lipinski definition) is 1. The van der Waals surface area contributed by atoms with Crippen molar-refractivity contribution in [2.45, 2.75) is 65.0 Å². The van der Waals surface area contributed by atoms with Crippen LogP contribution in [0, 0.1) is 31.6 Å². The summed E-state index contributed by atoms with van der Waals surface area (Å²) in [6, 6.07) is 10.8. The second-order valence-electron chi connectivity index (χ2n) is 11.1. The van der Waals surface area contributed by atoms with Crippen molar-refractivity contribution >= 4 is 11.8 Å². The van der Waals surface area contributed by atoms with E-state index >= 15 is 0 Å². The van der Waals surface area contributed by atoms with Crippen LogP contribution in [0.25, 0.3) is 0 Å².